The summed E-state index contributed by atoms with van der Waals surface area (Å²) >= 11 is 0. The molecule has 0 saturated carbocycles. The van der Waals surface area contributed by atoms with Gasteiger partial charge in [-0.1, -0.05) is 43.3 Å². The van der Waals surface area contributed by atoms with Gasteiger partial charge in [-0.3, -0.25) is 4.79 Å². The van der Waals surface area contributed by atoms with Gasteiger partial charge in [-0.25, -0.2) is 4.79 Å². The first-order valence-electron chi connectivity index (χ1n) is 10.3. The highest BCUT2D eigenvalue weighted by Gasteiger charge is 2.20. The van der Waals surface area contributed by atoms with Crippen molar-refractivity contribution in [3.05, 3.63) is 82.9 Å². The largest absolute Gasteiger partial charge is 0.493 e. The van der Waals surface area contributed by atoms with Crippen molar-refractivity contribution in [3.8, 4) is 22.6 Å². The smallest absolute Gasteiger partial charge is 0.338 e. The lowest BCUT2D eigenvalue weighted by Gasteiger charge is -2.11. The summed E-state index contributed by atoms with van der Waals surface area (Å²) in [5, 5.41) is 0. The SMILES string of the molecule is CCCOc1ccc(C(=O)OCC(=O)c2ccc3c(c2)-c2ccccc2C3)cc1OC. The van der Waals surface area contributed by atoms with E-state index in [0.717, 1.165) is 24.0 Å². The standard InChI is InChI=1S/C26H24O5/c1-3-12-30-24-11-10-20(15-25(24)29-2)26(28)31-16-23(27)19-9-8-18-13-17-6-4-5-7-21(17)22(18)14-19/h4-11,14-15H,3,12-13,16H2,1-2H3. The van der Waals surface area contributed by atoms with Gasteiger partial charge in [0.1, 0.15) is 0 Å². The Balaban J connectivity index is 1.43. The summed E-state index contributed by atoms with van der Waals surface area (Å²) in [5.41, 5.74) is 5.52. The second-order valence-electron chi connectivity index (χ2n) is 7.42. The lowest BCUT2D eigenvalue weighted by Crippen LogP contribution is -2.14. The minimum Gasteiger partial charge on any atom is -0.493 e. The Kier molecular flexibility index (Phi) is 6.03. The first-order chi connectivity index (χ1) is 15.1. The summed E-state index contributed by atoms with van der Waals surface area (Å²) in [7, 11) is 1.51. The van der Waals surface area contributed by atoms with Gasteiger partial charge in [-0.15, -0.1) is 0 Å². The topological polar surface area (TPSA) is 61.8 Å². The molecule has 31 heavy (non-hydrogen) atoms. The summed E-state index contributed by atoms with van der Waals surface area (Å²) in [6.07, 6.45) is 1.73. The van der Waals surface area contributed by atoms with Crippen LogP contribution in [0.15, 0.2) is 60.7 Å². The number of esters is 1. The second-order valence-corrected chi connectivity index (χ2v) is 7.42. The quantitative estimate of drug-likeness (QED) is 0.296. The Bertz CT molecular complexity index is 1130. The number of carbonyl (C=O) groups excluding carboxylic acids is 2. The third-order valence-electron chi connectivity index (χ3n) is 5.32. The third kappa shape index (κ3) is 4.31. The van der Waals surface area contributed by atoms with Gasteiger partial charge in [0.25, 0.3) is 0 Å². The number of carbonyl (C=O) groups is 2. The molecule has 0 atom stereocenters. The van der Waals surface area contributed by atoms with Crippen LogP contribution >= 0.6 is 0 Å². The molecule has 158 valence electrons. The maximum absolute atomic E-state index is 12.7. The summed E-state index contributed by atoms with van der Waals surface area (Å²) in [4.78, 5) is 25.1. The molecule has 0 fully saturated rings. The Morgan fingerprint density at radius 3 is 2.45 bits per heavy atom. The fourth-order valence-electron chi connectivity index (χ4n) is 3.72. The third-order valence-corrected chi connectivity index (χ3v) is 5.32. The molecule has 5 heteroatoms. The highest BCUT2D eigenvalue weighted by Crippen LogP contribution is 2.37. The molecule has 3 aromatic rings. The van der Waals surface area contributed by atoms with Gasteiger partial charge < -0.3 is 14.2 Å². The van der Waals surface area contributed by atoms with E-state index in [9.17, 15) is 9.59 Å². The maximum Gasteiger partial charge on any atom is 0.338 e. The van der Waals surface area contributed by atoms with Crippen molar-refractivity contribution in [1.82, 2.24) is 0 Å². The van der Waals surface area contributed by atoms with E-state index in [2.05, 4.69) is 12.1 Å². The number of hydrogen-bond donors (Lipinski definition) is 0. The molecule has 0 heterocycles. The normalized spacial score (nSPS) is 11.4. The highest BCUT2D eigenvalue weighted by molar-refractivity contribution is 6.00. The zero-order chi connectivity index (χ0) is 21.8. The molecule has 0 aromatic heterocycles. The van der Waals surface area contributed by atoms with Crippen LogP contribution < -0.4 is 9.47 Å². The van der Waals surface area contributed by atoms with E-state index in [0.29, 0.717) is 29.2 Å². The second kappa shape index (κ2) is 9.04. The molecule has 4 rings (SSSR count). The van der Waals surface area contributed by atoms with Crippen molar-refractivity contribution in [2.24, 2.45) is 0 Å². The van der Waals surface area contributed by atoms with Gasteiger partial charge >= 0.3 is 5.97 Å². The van der Waals surface area contributed by atoms with Crippen LogP contribution in [0.1, 0.15) is 45.2 Å². The predicted molar refractivity (Wildman–Crippen MR) is 118 cm³/mol. The van der Waals surface area contributed by atoms with Gasteiger partial charge in [0.2, 0.25) is 0 Å². The van der Waals surface area contributed by atoms with E-state index in [-0.39, 0.29) is 12.4 Å². The van der Waals surface area contributed by atoms with Crippen molar-refractivity contribution >= 4 is 11.8 Å². The van der Waals surface area contributed by atoms with E-state index in [1.54, 1.807) is 24.3 Å². The van der Waals surface area contributed by atoms with Crippen molar-refractivity contribution in [2.45, 2.75) is 19.8 Å². The molecule has 0 unspecified atom stereocenters. The molecule has 0 saturated heterocycles. The Hall–Kier alpha value is -3.60. The Morgan fingerprint density at radius 2 is 1.65 bits per heavy atom. The number of benzene rings is 3. The number of ether oxygens (including phenoxy) is 3. The number of fused-ring (bicyclic) bond motifs is 3. The van der Waals surface area contributed by atoms with Crippen molar-refractivity contribution in [2.75, 3.05) is 20.3 Å². The minimum atomic E-state index is -0.583. The highest BCUT2D eigenvalue weighted by atomic mass is 16.5. The van der Waals surface area contributed by atoms with Crippen LogP contribution in [0.25, 0.3) is 11.1 Å². The van der Waals surface area contributed by atoms with Gasteiger partial charge in [-0.2, -0.15) is 0 Å². The van der Waals surface area contributed by atoms with Gasteiger partial charge in [-0.05, 0) is 59.4 Å². The summed E-state index contributed by atoms with van der Waals surface area (Å²) in [6.45, 7) is 2.24. The lowest BCUT2D eigenvalue weighted by molar-refractivity contribution is 0.0474. The van der Waals surface area contributed by atoms with Gasteiger partial charge in [0.15, 0.2) is 23.9 Å². The average molecular weight is 416 g/mol. The Labute approximate surface area is 181 Å². The van der Waals surface area contributed by atoms with Crippen LogP contribution in [0.3, 0.4) is 0 Å². The molecule has 0 radical (unpaired) electrons. The molecule has 0 amide bonds. The first-order valence-corrected chi connectivity index (χ1v) is 10.3. The van der Waals surface area contributed by atoms with E-state index in [4.69, 9.17) is 14.2 Å². The van der Waals surface area contributed by atoms with Crippen LogP contribution in [0.5, 0.6) is 11.5 Å². The van der Waals surface area contributed by atoms with E-state index in [1.807, 2.05) is 31.2 Å². The van der Waals surface area contributed by atoms with Crippen LogP contribution in [-0.4, -0.2) is 32.1 Å². The molecule has 0 aliphatic heterocycles. The number of methoxy groups -OCH3 is 1. The minimum absolute atomic E-state index is 0.240. The maximum atomic E-state index is 12.7. The van der Waals surface area contributed by atoms with E-state index in [1.165, 1.54) is 18.2 Å². The molecule has 3 aromatic carbocycles. The first kappa shape index (κ1) is 20.7. The number of ketones is 1. The fraction of sp³-hybridized carbons (Fsp3) is 0.231. The van der Waals surface area contributed by atoms with E-state index < -0.39 is 5.97 Å². The summed E-state index contributed by atoms with van der Waals surface area (Å²) < 4.78 is 16.2. The summed E-state index contributed by atoms with van der Waals surface area (Å²) in [6, 6.07) is 18.7. The number of Topliss-reactive ketones (excluding diaryl/α,β-unsaturated/α-hetero) is 1. The molecule has 0 spiro atoms. The zero-order valence-electron chi connectivity index (χ0n) is 17.6. The van der Waals surface area contributed by atoms with Gasteiger partial charge in [0.05, 0.1) is 19.3 Å². The lowest BCUT2D eigenvalue weighted by atomic mass is 10.0. The van der Waals surface area contributed by atoms with Crippen LogP contribution in [0.2, 0.25) is 0 Å². The predicted octanol–water partition coefficient (Wildman–Crippen LogP) is 5.09. The molecule has 5 nitrogen and oxygen atoms in total. The van der Waals surface area contributed by atoms with Crippen LogP contribution in [0, 0.1) is 0 Å². The van der Waals surface area contributed by atoms with Gasteiger partial charge in [0, 0.05) is 5.56 Å². The van der Waals surface area contributed by atoms with Crippen molar-refractivity contribution < 1.29 is 23.8 Å². The van der Waals surface area contributed by atoms with E-state index >= 15 is 0 Å². The molecular formula is C26H24O5. The average Bonchev–Trinajstić information content (AvgIpc) is 3.18. The molecular weight excluding hydrogens is 392 g/mol. The number of rotatable bonds is 8. The van der Waals surface area contributed by atoms with Crippen LogP contribution in [-0.2, 0) is 11.2 Å². The van der Waals surface area contributed by atoms with Crippen molar-refractivity contribution in [1.29, 1.82) is 0 Å². The summed E-state index contributed by atoms with van der Waals surface area (Å²) in [5.74, 6) is 0.192. The molecule has 0 N–H and O–H groups in total. The number of hydrogen-bond acceptors (Lipinski definition) is 5. The van der Waals surface area contributed by atoms with Crippen LogP contribution in [0.4, 0.5) is 0 Å². The Morgan fingerprint density at radius 1 is 0.871 bits per heavy atom. The zero-order valence-corrected chi connectivity index (χ0v) is 17.6. The fourth-order valence-corrected chi connectivity index (χ4v) is 3.72. The molecule has 0 bridgehead atoms. The van der Waals surface area contributed by atoms with Crippen molar-refractivity contribution in [3.63, 3.8) is 0 Å². The molecule has 1 aliphatic rings. The molecule has 1 aliphatic carbocycles. The monoisotopic (exact) mass is 416 g/mol.